The Morgan fingerprint density at radius 1 is 1.40 bits per heavy atom. The van der Waals surface area contributed by atoms with Gasteiger partial charge in [0.15, 0.2) is 0 Å². The van der Waals surface area contributed by atoms with Crippen molar-refractivity contribution in [2.75, 3.05) is 11.5 Å². The number of rotatable bonds is 3. The fourth-order valence-electron chi connectivity index (χ4n) is 1.63. The molecule has 1 N–H and O–H groups in total. The first-order chi connectivity index (χ1) is 7.18. The molecule has 0 spiro atoms. The molecule has 80 valence electrons. The number of hydrogen-bond acceptors (Lipinski definition) is 2. The molecule has 1 aliphatic rings. The Morgan fingerprint density at radius 2 is 2.00 bits per heavy atom. The van der Waals surface area contributed by atoms with Crippen molar-refractivity contribution < 1.29 is 9.90 Å². The zero-order chi connectivity index (χ0) is 10.8. The number of thioether (sulfide) groups is 1. The molecular weight excluding hydrogens is 208 g/mol. The van der Waals surface area contributed by atoms with E-state index in [1.54, 1.807) is 6.92 Å². The second kappa shape index (κ2) is 4.27. The third kappa shape index (κ3) is 2.17. The molecule has 1 fully saturated rings. The van der Waals surface area contributed by atoms with E-state index in [1.807, 2.05) is 23.9 Å². The Labute approximate surface area is 93.7 Å². The Kier molecular flexibility index (Phi) is 3.00. The van der Waals surface area contributed by atoms with Crippen molar-refractivity contribution in [3.05, 3.63) is 35.4 Å². The van der Waals surface area contributed by atoms with Crippen LogP contribution in [0.1, 0.15) is 29.9 Å². The Morgan fingerprint density at radius 3 is 2.40 bits per heavy atom. The molecule has 1 atom stereocenters. The quantitative estimate of drug-likeness (QED) is 0.854. The van der Waals surface area contributed by atoms with Crippen LogP contribution in [-0.4, -0.2) is 22.6 Å². The molecule has 2 nitrogen and oxygen atoms in total. The number of hydrogen-bond donors (Lipinski definition) is 1. The summed E-state index contributed by atoms with van der Waals surface area (Å²) >= 11 is 1.96. The zero-order valence-corrected chi connectivity index (χ0v) is 9.46. The molecule has 1 aromatic rings. The van der Waals surface area contributed by atoms with E-state index in [9.17, 15) is 4.79 Å². The van der Waals surface area contributed by atoms with E-state index in [-0.39, 0.29) is 0 Å². The van der Waals surface area contributed by atoms with Crippen LogP contribution in [-0.2, 0) is 4.79 Å². The van der Waals surface area contributed by atoms with Crippen LogP contribution in [0.2, 0.25) is 0 Å². The lowest BCUT2D eigenvalue weighted by molar-refractivity contribution is -0.138. The monoisotopic (exact) mass is 222 g/mol. The van der Waals surface area contributed by atoms with Gasteiger partial charge in [-0.3, -0.25) is 4.79 Å². The Bertz CT molecular complexity index is 354. The van der Waals surface area contributed by atoms with Gasteiger partial charge in [0.1, 0.15) is 0 Å². The molecule has 0 aliphatic carbocycles. The fraction of sp³-hybridized carbons (Fsp3) is 0.417. The van der Waals surface area contributed by atoms with Crippen LogP contribution in [0.5, 0.6) is 0 Å². The van der Waals surface area contributed by atoms with Crippen LogP contribution < -0.4 is 0 Å². The first-order valence-corrected chi connectivity index (χ1v) is 6.24. The summed E-state index contributed by atoms with van der Waals surface area (Å²) in [6, 6.07) is 8.02. The summed E-state index contributed by atoms with van der Waals surface area (Å²) in [6.45, 7) is 1.72. The first-order valence-electron chi connectivity index (χ1n) is 5.09. The third-order valence-electron chi connectivity index (χ3n) is 2.92. The van der Waals surface area contributed by atoms with Gasteiger partial charge in [-0.05, 0) is 18.1 Å². The number of aliphatic carboxylic acids is 1. The molecule has 0 amide bonds. The largest absolute Gasteiger partial charge is 0.481 e. The zero-order valence-electron chi connectivity index (χ0n) is 8.64. The van der Waals surface area contributed by atoms with Crippen molar-refractivity contribution in [2.45, 2.75) is 18.8 Å². The summed E-state index contributed by atoms with van der Waals surface area (Å²) in [4.78, 5) is 10.8. The number of carbonyl (C=O) groups is 1. The molecule has 0 saturated carbocycles. The van der Waals surface area contributed by atoms with E-state index in [4.69, 9.17) is 5.11 Å². The van der Waals surface area contributed by atoms with Gasteiger partial charge in [0.05, 0.1) is 5.92 Å². The first kappa shape index (κ1) is 10.6. The van der Waals surface area contributed by atoms with Crippen LogP contribution in [0.25, 0.3) is 0 Å². The predicted octanol–water partition coefficient (Wildman–Crippen LogP) is 2.71. The van der Waals surface area contributed by atoms with Gasteiger partial charge in [-0.15, -0.1) is 0 Å². The highest BCUT2D eigenvalue weighted by atomic mass is 32.2. The maximum atomic E-state index is 10.8. The fourth-order valence-corrected chi connectivity index (χ4v) is 2.48. The van der Waals surface area contributed by atoms with Crippen molar-refractivity contribution in [3.8, 4) is 0 Å². The van der Waals surface area contributed by atoms with Crippen LogP contribution in [0.4, 0.5) is 0 Å². The molecule has 2 rings (SSSR count). The van der Waals surface area contributed by atoms with E-state index in [1.165, 1.54) is 17.1 Å². The lowest BCUT2D eigenvalue weighted by Gasteiger charge is -2.25. The summed E-state index contributed by atoms with van der Waals surface area (Å²) < 4.78 is 0. The van der Waals surface area contributed by atoms with E-state index in [0.717, 1.165) is 5.56 Å². The van der Waals surface area contributed by atoms with Gasteiger partial charge in [0, 0.05) is 17.4 Å². The SMILES string of the molecule is CC(C(=O)O)c1ccc(C2CSC2)cc1. The molecule has 0 aromatic heterocycles. The molecular formula is C12H14O2S. The van der Waals surface area contributed by atoms with E-state index in [2.05, 4.69) is 12.1 Å². The summed E-state index contributed by atoms with van der Waals surface area (Å²) in [5.41, 5.74) is 2.23. The predicted molar refractivity (Wildman–Crippen MR) is 62.6 cm³/mol. The summed E-state index contributed by atoms with van der Waals surface area (Å²) in [6.07, 6.45) is 0. The summed E-state index contributed by atoms with van der Waals surface area (Å²) in [7, 11) is 0. The molecule has 1 saturated heterocycles. The van der Waals surface area contributed by atoms with E-state index < -0.39 is 11.9 Å². The van der Waals surface area contributed by atoms with Crippen molar-refractivity contribution in [2.24, 2.45) is 0 Å². The molecule has 0 bridgehead atoms. The minimum Gasteiger partial charge on any atom is -0.481 e. The van der Waals surface area contributed by atoms with Gasteiger partial charge >= 0.3 is 5.97 Å². The standard InChI is InChI=1S/C12H14O2S/c1-8(12(13)14)9-2-4-10(5-3-9)11-6-15-7-11/h2-5,8,11H,6-7H2,1H3,(H,13,14). The molecule has 1 unspecified atom stereocenters. The van der Waals surface area contributed by atoms with Gasteiger partial charge in [0.25, 0.3) is 0 Å². The average molecular weight is 222 g/mol. The molecule has 1 aromatic carbocycles. The molecule has 1 aliphatic heterocycles. The number of carboxylic acid groups (broad SMARTS) is 1. The lowest BCUT2D eigenvalue weighted by Crippen LogP contribution is -2.15. The van der Waals surface area contributed by atoms with E-state index in [0.29, 0.717) is 5.92 Å². The average Bonchev–Trinajstić information content (AvgIpc) is 2.15. The van der Waals surface area contributed by atoms with Gasteiger partial charge in [-0.2, -0.15) is 11.8 Å². The van der Waals surface area contributed by atoms with E-state index >= 15 is 0 Å². The van der Waals surface area contributed by atoms with Crippen LogP contribution in [0.15, 0.2) is 24.3 Å². The maximum Gasteiger partial charge on any atom is 0.310 e. The minimum absolute atomic E-state index is 0.408. The normalized spacial score (nSPS) is 18.2. The second-order valence-electron chi connectivity index (χ2n) is 3.96. The van der Waals surface area contributed by atoms with Gasteiger partial charge in [0.2, 0.25) is 0 Å². The highest BCUT2D eigenvalue weighted by Crippen LogP contribution is 2.34. The summed E-state index contributed by atoms with van der Waals surface area (Å²) in [5, 5.41) is 8.87. The Balaban J connectivity index is 2.12. The highest BCUT2D eigenvalue weighted by molar-refractivity contribution is 8.00. The lowest BCUT2D eigenvalue weighted by atomic mass is 9.96. The summed E-state index contributed by atoms with van der Waals surface area (Å²) in [5.74, 6) is 1.92. The van der Waals surface area contributed by atoms with Crippen LogP contribution in [0, 0.1) is 0 Å². The molecule has 1 heterocycles. The number of carboxylic acids is 1. The molecule has 0 radical (unpaired) electrons. The van der Waals surface area contributed by atoms with Gasteiger partial charge in [-0.25, -0.2) is 0 Å². The topological polar surface area (TPSA) is 37.3 Å². The van der Waals surface area contributed by atoms with Crippen molar-refractivity contribution in [1.82, 2.24) is 0 Å². The van der Waals surface area contributed by atoms with Crippen molar-refractivity contribution in [1.29, 1.82) is 0 Å². The second-order valence-corrected chi connectivity index (χ2v) is 5.04. The number of benzene rings is 1. The smallest absolute Gasteiger partial charge is 0.310 e. The van der Waals surface area contributed by atoms with Gasteiger partial charge < -0.3 is 5.11 Å². The molecule has 3 heteroatoms. The van der Waals surface area contributed by atoms with Crippen molar-refractivity contribution >= 4 is 17.7 Å². The minimum atomic E-state index is -0.762. The maximum absolute atomic E-state index is 10.8. The van der Waals surface area contributed by atoms with Crippen LogP contribution in [0.3, 0.4) is 0 Å². The third-order valence-corrected chi connectivity index (χ3v) is 4.19. The Hall–Kier alpha value is -0.960. The molecule has 15 heavy (non-hydrogen) atoms. The van der Waals surface area contributed by atoms with Crippen molar-refractivity contribution in [3.63, 3.8) is 0 Å². The van der Waals surface area contributed by atoms with Gasteiger partial charge in [-0.1, -0.05) is 24.3 Å². The van der Waals surface area contributed by atoms with Crippen LogP contribution >= 0.6 is 11.8 Å². The highest BCUT2D eigenvalue weighted by Gasteiger charge is 2.20.